The van der Waals surface area contributed by atoms with Gasteiger partial charge < -0.3 is 10.1 Å². The van der Waals surface area contributed by atoms with E-state index in [1.807, 2.05) is 18.2 Å². The summed E-state index contributed by atoms with van der Waals surface area (Å²) in [5.41, 5.74) is 0.962. The summed E-state index contributed by atoms with van der Waals surface area (Å²) in [6.07, 6.45) is -2.41. The molecule has 0 aliphatic heterocycles. The van der Waals surface area contributed by atoms with Gasteiger partial charge in [-0.1, -0.05) is 33.6 Å². The van der Waals surface area contributed by atoms with Crippen molar-refractivity contribution in [3.05, 3.63) is 33.3 Å². The predicted octanol–water partition coefficient (Wildman–Crippen LogP) is 3.47. The van der Waals surface area contributed by atoms with Crippen molar-refractivity contribution in [2.75, 3.05) is 19.8 Å². The lowest BCUT2D eigenvalue weighted by atomic mass is 10.2. The normalized spacial score (nSPS) is 11.1. The van der Waals surface area contributed by atoms with Gasteiger partial charge >= 0.3 is 0 Å². The third kappa shape index (κ3) is 6.31. The van der Waals surface area contributed by atoms with Crippen LogP contribution in [0.3, 0.4) is 0 Å². The summed E-state index contributed by atoms with van der Waals surface area (Å²) < 4.78 is 29.1. The van der Waals surface area contributed by atoms with Crippen LogP contribution in [0.15, 0.2) is 22.7 Å². The number of hydrogen-bond acceptors (Lipinski definition) is 2. The molecule has 1 aromatic carbocycles. The second-order valence-electron chi connectivity index (χ2n) is 3.38. The summed E-state index contributed by atoms with van der Waals surface area (Å²) in [5.74, 6) is 0. The van der Waals surface area contributed by atoms with Gasteiger partial charge in [0.15, 0.2) is 0 Å². The maximum atomic E-state index is 11.7. The van der Waals surface area contributed by atoms with E-state index in [0.717, 1.165) is 10.0 Å². The van der Waals surface area contributed by atoms with Crippen LogP contribution in [0.1, 0.15) is 5.56 Å². The van der Waals surface area contributed by atoms with Crippen LogP contribution in [0.25, 0.3) is 0 Å². The number of rotatable bonds is 7. The van der Waals surface area contributed by atoms with Gasteiger partial charge in [0.2, 0.25) is 0 Å². The first-order valence-corrected chi connectivity index (χ1v) is 6.27. The highest BCUT2D eigenvalue weighted by Crippen LogP contribution is 2.20. The smallest absolute Gasteiger partial charge is 0.261 e. The summed E-state index contributed by atoms with van der Waals surface area (Å²) in [6, 6.07) is 5.61. The third-order valence-corrected chi connectivity index (χ3v) is 2.84. The van der Waals surface area contributed by atoms with E-state index in [1.165, 1.54) is 0 Å². The third-order valence-electron chi connectivity index (χ3n) is 2.00. The molecule has 17 heavy (non-hydrogen) atoms. The standard InChI is InChI=1S/C11H13BrClF2NO/c12-9-2-1-8(10(13)5-9)6-16-3-4-17-7-11(14)15/h1-2,5,11,16H,3-4,6-7H2. The lowest BCUT2D eigenvalue weighted by Gasteiger charge is -2.07. The molecule has 0 radical (unpaired) electrons. The Kier molecular flexibility index (Phi) is 6.96. The molecule has 0 aromatic heterocycles. The Bertz CT molecular complexity index is 352. The fourth-order valence-electron chi connectivity index (χ4n) is 1.20. The zero-order valence-corrected chi connectivity index (χ0v) is 11.4. The molecule has 0 bridgehead atoms. The van der Waals surface area contributed by atoms with E-state index in [2.05, 4.69) is 21.2 Å². The number of halogens is 4. The summed E-state index contributed by atoms with van der Waals surface area (Å²) in [4.78, 5) is 0. The first kappa shape index (κ1) is 14.8. The molecule has 0 aliphatic rings. The monoisotopic (exact) mass is 327 g/mol. The van der Waals surface area contributed by atoms with Crippen molar-refractivity contribution in [1.29, 1.82) is 0 Å². The summed E-state index contributed by atoms with van der Waals surface area (Å²) in [5, 5.41) is 3.73. The van der Waals surface area contributed by atoms with Crippen LogP contribution in [0.2, 0.25) is 5.02 Å². The van der Waals surface area contributed by atoms with Crippen molar-refractivity contribution < 1.29 is 13.5 Å². The van der Waals surface area contributed by atoms with Crippen LogP contribution < -0.4 is 5.32 Å². The van der Waals surface area contributed by atoms with Crippen molar-refractivity contribution in [2.24, 2.45) is 0 Å². The van der Waals surface area contributed by atoms with Crippen LogP contribution in [0.4, 0.5) is 8.78 Å². The highest BCUT2D eigenvalue weighted by molar-refractivity contribution is 9.10. The molecular weight excluding hydrogens is 315 g/mol. The van der Waals surface area contributed by atoms with Crippen LogP contribution in [-0.4, -0.2) is 26.2 Å². The lowest BCUT2D eigenvalue weighted by Crippen LogP contribution is -2.20. The van der Waals surface area contributed by atoms with Gasteiger partial charge in [-0.2, -0.15) is 0 Å². The molecule has 96 valence electrons. The van der Waals surface area contributed by atoms with E-state index in [4.69, 9.17) is 16.3 Å². The van der Waals surface area contributed by atoms with Gasteiger partial charge in [0, 0.05) is 22.6 Å². The number of hydrogen-bond donors (Lipinski definition) is 1. The second-order valence-corrected chi connectivity index (χ2v) is 4.70. The summed E-state index contributed by atoms with van der Waals surface area (Å²) in [6.45, 7) is 0.850. The van der Waals surface area contributed by atoms with E-state index < -0.39 is 13.0 Å². The van der Waals surface area contributed by atoms with Crippen molar-refractivity contribution >= 4 is 27.5 Å². The van der Waals surface area contributed by atoms with Gasteiger partial charge in [0.25, 0.3) is 6.43 Å². The van der Waals surface area contributed by atoms with E-state index >= 15 is 0 Å². The zero-order chi connectivity index (χ0) is 12.7. The second kappa shape index (κ2) is 7.97. The Morgan fingerprint density at radius 2 is 2.18 bits per heavy atom. The molecule has 6 heteroatoms. The first-order valence-electron chi connectivity index (χ1n) is 5.10. The molecule has 1 N–H and O–H groups in total. The number of nitrogens with one attached hydrogen (secondary N) is 1. The molecule has 0 unspecified atom stereocenters. The first-order chi connectivity index (χ1) is 8.09. The largest absolute Gasteiger partial charge is 0.374 e. The molecule has 0 saturated carbocycles. The minimum absolute atomic E-state index is 0.262. The van der Waals surface area contributed by atoms with E-state index in [9.17, 15) is 8.78 Å². The fraction of sp³-hybridized carbons (Fsp3) is 0.455. The molecule has 1 aromatic rings. The highest BCUT2D eigenvalue weighted by atomic mass is 79.9. The van der Waals surface area contributed by atoms with Crippen LogP contribution >= 0.6 is 27.5 Å². The minimum Gasteiger partial charge on any atom is -0.374 e. The Morgan fingerprint density at radius 1 is 1.41 bits per heavy atom. The van der Waals surface area contributed by atoms with Crippen molar-refractivity contribution in [3.8, 4) is 0 Å². The summed E-state index contributed by atoms with van der Waals surface area (Å²) >= 11 is 9.33. The van der Waals surface area contributed by atoms with Crippen molar-refractivity contribution in [3.63, 3.8) is 0 Å². The molecule has 0 atom stereocenters. The highest BCUT2D eigenvalue weighted by Gasteiger charge is 2.02. The number of alkyl halides is 2. The Morgan fingerprint density at radius 3 is 2.82 bits per heavy atom. The molecule has 0 amide bonds. The van der Waals surface area contributed by atoms with Gasteiger partial charge in [0.1, 0.15) is 6.61 Å². The quantitative estimate of drug-likeness (QED) is 0.774. The molecule has 0 aliphatic carbocycles. The van der Waals surface area contributed by atoms with Gasteiger partial charge in [-0.3, -0.25) is 0 Å². The molecule has 2 nitrogen and oxygen atoms in total. The molecule has 0 saturated heterocycles. The van der Waals surface area contributed by atoms with E-state index in [0.29, 0.717) is 18.1 Å². The van der Waals surface area contributed by atoms with Gasteiger partial charge in [-0.05, 0) is 17.7 Å². The van der Waals surface area contributed by atoms with Gasteiger partial charge in [-0.15, -0.1) is 0 Å². The number of benzene rings is 1. The summed E-state index contributed by atoms with van der Waals surface area (Å²) in [7, 11) is 0. The molecule has 0 spiro atoms. The average Bonchev–Trinajstić information content (AvgIpc) is 2.25. The molecule has 0 heterocycles. The maximum absolute atomic E-state index is 11.7. The molecular formula is C11H13BrClF2NO. The Hall–Kier alpha value is -0.230. The van der Waals surface area contributed by atoms with Crippen LogP contribution in [0, 0.1) is 0 Å². The Balaban J connectivity index is 2.18. The van der Waals surface area contributed by atoms with Gasteiger partial charge in [-0.25, -0.2) is 8.78 Å². The minimum atomic E-state index is -2.41. The van der Waals surface area contributed by atoms with E-state index in [-0.39, 0.29) is 6.61 Å². The molecule has 0 fully saturated rings. The van der Waals surface area contributed by atoms with Crippen LogP contribution in [-0.2, 0) is 11.3 Å². The van der Waals surface area contributed by atoms with Gasteiger partial charge in [0.05, 0.1) is 6.61 Å². The van der Waals surface area contributed by atoms with Crippen molar-refractivity contribution in [1.82, 2.24) is 5.32 Å². The SMILES string of the molecule is FC(F)COCCNCc1ccc(Br)cc1Cl. The lowest BCUT2D eigenvalue weighted by molar-refractivity contribution is 0.0187. The van der Waals surface area contributed by atoms with Crippen LogP contribution in [0.5, 0.6) is 0 Å². The number of ether oxygens (including phenoxy) is 1. The topological polar surface area (TPSA) is 21.3 Å². The average molecular weight is 329 g/mol. The van der Waals surface area contributed by atoms with Crippen molar-refractivity contribution in [2.45, 2.75) is 13.0 Å². The Labute approximate surface area is 112 Å². The zero-order valence-electron chi connectivity index (χ0n) is 9.06. The predicted molar refractivity (Wildman–Crippen MR) is 67.7 cm³/mol. The molecule has 1 rings (SSSR count). The van der Waals surface area contributed by atoms with E-state index in [1.54, 1.807) is 0 Å². The fourth-order valence-corrected chi connectivity index (χ4v) is 1.95. The maximum Gasteiger partial charge on any atom is 0.261 e.